The predicted molar refractivity (Wildman–Crippen MR) is 204 cm³/mol. The van der Waals surface area contributed by atoms with E-state index in [0.29, 0.717) is 25.9 Å². The third-order valence-corrected chi connectivity index (χ3v) is 9.26. The van der Waals surface area contributed by atoms with Crippen LogP contribution in [0.1, 0.15) is 200 Å². The number of nitrogens with two attached hydrogens (primary N) is 1. The molecule has 0 spiro atoms. The highest BCUT2D eigenvalue weighted by atomic mass is 16.2. The summed E-state index contributed by atoms with van der Waals surface area (Å²) in [7, 11) is 1.79. The Bertz CT molecular complexity index is 702. The molecule has 2 atom stereocenters. The highest BCUT2D eigenvalue weighted by Crippen LogP contribution is 2.13. The van der Waals surface area contributed by atoms with Crippen molar-refractivity contribution >= 4 is 11.8 Å². The van der Waals surface area contributed by atoms with Gasteiger partial charge in [0.05, 0.1) is 0 Å². The van der Waals surface area contributed by atoms with E-state index in [9.17, 15) is 9.59 Å². The maximum Gasteiger partial charge on any atom is 0.242 e. The molecule has 0 rings (SSSR count). The molecule has 0 aliphatic rings. The molecule has 0 aromatic carbocycles. The van der Waals surface area contributed by atoms with E-state index in [4.69, 9.17) is 5.73 Å². The fraction of sp³-hybridized carbons (Fsp3) is 0.900. The van der Waals surface area contributed by atoms with Gasteiger partial charge in [0.25, 0.3) is 0 Å². The summed E-state index contributed by atoms with van der Waals surface area (Å²) in [6, 6.07) is -0.533. The molecule has 7 nitrogen and oxygen atoms in total. The second-order valence-electron chi connectivity index (χ2n) is 13.9. The van der Waals surface area contributed by atoms with Gasteiger partial charge in [-0.2, -0.15) is 0 Å². The average Bonchev–Trinajstić information content (AvgIpc) is 3.07. The van der Waals surface area contributed by atoms with Gasteiger partial charge in [-0.15, -0.1) is 0 Å². The largest absolute Gasteiger partial charge is 0.354 e. The zero-order valence-electron chi connectivity index (χ0n) is 31.6. The Balaban J connectivity index is 4.01. The summed E-state index contributed by atoms with van der Waals surface area (Å²) in [5, 5.41) is 12.2. The van der Waals surface area contributed by atoms with E-state index >= 15 is 0 Å². The van der Waals surface area contributed by atoms with Gasteiger partial charge in [0.15, 0.2) is 0 Å². The van der Waals surface area contributed by atoms with Crippen LogP contribution in [0.2, 0.25) is 0 Å². The molecule has 0 saturated heterocycles. The van der Waals surface area contributed by atoms with E-state index in [0.717, 1.165) is 38.5 Å². The first-order chi connectivity index (χ1) is 23.0. The standard InChI is InChI=1S/C40H81N5O2/c1-4-6-8-10-12-14-16-18-20-21-23-25-27-29-31-33-38(46)45-37(34-36-44-40(41)42-3)39(47)43-35-32-30-28-26-24-22-19-17-15-13-11-9-7-5-2/h18,20,37,40,42,44H,4-17,19,21-36,41H2,1-3H3,(H,43,47)(H,45,46). The Morgan fingerprint density at radius 1 is 0.574 bits per heavy atom. The molecular weight excluding hydrogens is 582 g/mol. The maximum atomic E-state index is 13.0. The first-order valence-electron chi connectivity index (χ1n) is 20.4. The van der Waals surface area contributed by atoms with Crippen molar-refractivity contribution in [3.8, 4) is 0 Å². The van der Waals surface area contributed by atoms with Crippen molar-refractivity contribution in [3.05, 3.63) is 12.2 Å². The highest BCUT2D eigenvalue weighted by molar-refractivity contribution is 5.87. The first-order valence-corrected chi connectivity index (χ1v) is 20.4. The minimum atomic E-state index is -0.533. The quantitative estimate of drug-likeness (QED) is 0.0258. The number of hydrogen-bond donors (Lipinski definition) is 5. The molecule has 0 aliphatic heterocycles. The number of carbonyl (C=O) groups is 2. The van der Waals surface area contributed by atoms with Gasteiger partial charge < -0.3 is 16.4 Å². The van der Waals surface area contributed by atoms with Crippen molar-refractivity contribution in [3.63, 3.8) is 0 Å². The Morgan fingerprint density at radius 3 is 1.47 bits per heavy atom. The van der Waals surface area contributed by atoms with E-state index in [-0.39, 0.29) is 18.1 Å². The molecule has 2 amide bonds. The SMILES string of the molecule is CCCCCCCCC=CCCCCCCCC(=O)NC(CCNC(N)NC)C(=O)NCCCCCCCCCCCCCCCC. The minimum absolute atomic E-state index is 0.0304. The molecule has 47 heavy (non-hydrogen) atoms. The molecule has 278 valence electrons. The minimum Gasteiger partial charge on any atom is -0.354 e. The number of allylic oxidation sites excluding steroid dienone is 2. The van der Waals surface area contributed by atoms with Gasteiger partial charge in [0.1, 0.15) is 12.3 Å². The van der Waals surface area contributed by atoms with Crippen LogP contribution in [-0.4, -0.2) is 44.3 Å². The molecule has 0 aromatic rings. The number of nitrogens with one attached hydrogen (secondary N) is 4. The number of hydrogen-bond acceptors (Lipinski definition) is 5. The molecule has 0 bridgehead atoms. The molecule has 0 heterocycles. The van der Waals surface area contributed by atoms with Gasteiger partial charge in [-0.1, -0.05) is 161 Å². The lowest BCUT2D eigenvalue weighted by atomic mass is 10.0. The van der Waals surface area contributed by atoms with E-state index in [1.807, 2.05) is 0 Å². The lowest BCUT2D eigenvalue weighted by molar-refractivity contribution is -0.129. The van der Waals surface area contributed by atoms with Crippen LogP contribution in [0.4, 0.5) is 0 Å². The molecule has 6 N–H and O–H groups in total. The van der Waals surface area contributed by atoms with Crippen LogP contribution in [0.15, 0.2) is 12.2 Å². The summed E-state index contributed by atoms with van der Waals surface area (Å²) < 4.78 is 0. The van der Waals surface area contributed by atoms with Crippen LogP contribution in [0.5, 0.6) is 0 Å². The summed E-state index contributed by atoms with van der Waals surface area (Å²) >= 11 is 0. The van der Waals surface area contributed by atoms with Gasteiger partial charge in [-0.25, -0.2) is 0 Å². The van der Waals surface area contributed by atoms with Crippen molar-refractivity contribution < 1.29 is 9.59 Å². The average molecular weight is 664 g/mol. The van der Waals surface area contributed by atoms with Crippen LogP contribution < -0.4 is 27.0 Å². The molecule has 0 aromatic heterocycles. The van der Waals surface area contributed by atoms with Crippen molar-refractivity contribution in [2.45, 2.75) is 212 Å². The van der Waals surface area contributed by atoms with E-state index in [1.165, 1.54) is 135 Å². The molecule has 2 unspecified atom stereocenters. The number of unbranched alkanes of at least 4 members (excludes halogenated alkanes) is 24. The molecule has 0 fully saturated rings. The van der Waals surface area contributed by atoms with Gasteiger partial charge in [0, 0.05) is 19.5 Å². The van der Waals surface area contributed by atoms with Crippen molar-refractivity contribution in [1.82, 2.24) is 21.3 Å². The maximum absolute atomic E-state index is 13.0. The van der Waals surface area contributed by atoms with E-state index in [2.05, 4.69) is 47.3 Å². The summed E-state index contributed by atoms with van der Waals surface area (Å²) in [6.45, 7) is 5.76. The van der Waals surface area contributed by atoms with Gasteiger partial charge in [-0.3, -0.25) is 20.2 Å². The molecular formula is C40H81N5O2. The zero-order valence-corrected chi connectivity index (χ0v) is 31.6. The van der Waals surface area contributed by atoms with Gasteiger partial charge in [0.2, 0.25) is 11.8 Å². The Hall–Kier alpha value is -1.44. The summed E-state index contributed by atoms with van der Waals surface area (Å²) in [6.07, 6.45) is 39.9. The normalized spacial score (nSPS) is 12.9. The van der Waals surface area contributed by atoms with E-state index in [1.54, 1.807) is 7.05 Å². The van der Waals surface area contributed by atoms with Crippen LogP contribution >= 0.6 is 0 Å². The van der Waals surface area contributed by atoms with Gasteiger partial charge in [-0.05, 0) is 52.0 Å². The fourth-order valence-corrected chi connectivity index (χ4v) is 6.03. The Kier molecular flexibility index (Phi) is 36.2. The summed E-state index contributed by atoms with van der Waals surface area (Å²) in [4.78, 5) is 25.7. The Morgan fingerprint density at radius 2 is 1.00 bits per heavy atom. The predicted octanol–water partition coefficient (Wildman–Crippen LogP) is 9.55. The van der Waals surface area contributed by atoms with Gasteiger partial charge >= 0.3 is 0 Å². The summed E-state index contributed by atoms with van der Waals surface area (Å²) in [5.74, 6) is -0.116. The van der Waals surface area contributed by atoms with Crippen molar-refractivity contribution in [2.24, 2.45) is 5.73 Å². The number of amides is 2. The molecule has 7 heteroatoms. The molecule has 0 saturated carbocycles. The van der Waals surface area contributed by atoms with Crippen LogP contribution in [0.25, 0.3) is 0 Å². The second kappa shape index (κ2) is 37.4. The third-order valence-electron chi connectivity index (χ3n) is 9.26. The van der Waals surface area contributed by atoms with Crippen molar-refractivity contribution in [1.29, 1.82) is 0 Å². The summed E-state index contributed by atoms with van der Waals surface area (Å²) in [5.41, 5.74) is 5.89. The van der Waals surface area contributed by atoms with Crippen molar-refractivity contribution in [2.75, 3.05) is 20.1 Å². The monoisotopic (exact) mass is 664 g/mol. The Labute approximate surface area is 292 Å². The van der Waals surface area contributed by atoms with Crippen LogP contribution in [0, 0.1) is 0 Å². The molecule has 0 radical (unpaired) electrons. The first kappa shape index (κ1) is 45.6. The topological polar surface area (TPSA) is 108 Å². The van der Waals surface area contributed by atoms with E-state index < -0.39 is 6.04 Å². The third kappa shape index (κ3) is 34.2. The lowest BCUT2D eigenvalue weighted by Gasteiger charge is -2.20. The smallest absolute Gasteiger partial charge is 0.242 e. The lowest BCUT2D eigenvalue weighted by Crippen LogP contribution is -2.51. The number of rotatable bonds is 37. The second-order valence-corrected chi connectivity index (χ2v) is 13.9. The molecule has 0 aliphatic carbocycles. The highest BCUT2D eigenvalue weighted by Gasteiger charge is 2.20. The zero-order chi connectivity index (χ0) is 34.5. The fourth-order valence-electron chi connectivity index (χ4n) is 6.03. The number of carbonyl (C=O) groups excluding carboxylic acids is 2. The van der Waals surface area contributed by atoms with Crippen LogP contribution in [0.3, 0.4) is 0 Å². The van der Waals surface area contributed by atoms with Crippen LogP contribution in [-0.2, 0) is 9.59 Å².